The molecule has 0 radical (unpaired) electrons. The number of rotatable bonds is 6. The molecule has 0 spiro atoms. The average Bonchev–Trinajstić information content (AvgIpc) is 2.25. The fourth-order valence-corrected chi connectivity index (χ4v) is 1.58. The van der Waals surface area contributed by atoms with Crippen molar-refractivity contribution in [3.63, 3.8) is 0 Å². The number of aliphatic hydroxyl groups excluding tert-OH is 1. The van der Waals surface area contributed by atoms with Crippen molar-refractivity contribution in [3.05, 3.63) is 17.5 Å². The van der Waals surface area contributed by atoms with Crippen LogP contribution in [-0.2, 0) is 0 Å². The van der Waals surface area contributed by atoms with Crippen LogP contribution in [0.15, 0.2) is 12.5 Å². The quantitative estimate of drug-likeness (QED) is 0.755. The van der Waals surface area contributed by atoms with Crippen LogP contribution in [0, 0.1) is 0 Å². The van der Waals surface area contributed by atoms with Gasteiger partial charge in [0.25, 0.3) is 0 Å². The van der Waals surface area contributed by atoms with Crippen LogP contribution >= 0.6 is 11.6 Å². The Morgan fingerprint density at radius 1 is 1.40 bits per heavy atom. The molecule has 0 fully saturated rings. The molecule has 0 bridgehead atoms. The molecular weight excluding hydrogens is 214 g/mol. The molecule has 1 N–H and O–H groups in total. The van der Waals surface area contributed by atoms with Crippen LogP contribution < -0.4 is 4.90 Å². The molecule has 1 heterocycles. The number of aromatic nitrogens is 2. The van der Waals surface area contributed by atoms with Gasteiger partial charge in [-0.15, -0.1) is 0 Å². The summed E-state index contributed by atoms with van der Waals surface area (Å²) in [6, 6.07) is 0. The Labute approximate surface area is 94.9 Å². The summed E-state index contributed by atoms with van der Waals surface area (Å²) in [4.78, 5) is 9.95. The largest absolute Gasteiger partial charge is 0.396 e. The number of anilines is 1. The number of nitrogens with zero attached hydrogens (tertiary/aromatic N) is 3. The number of hydrogen-bond acceptors (Lipinski definition) is 4. The summed E-state index contributed by atoms with van der Waals surface area (Å²) < 4.78 is 0. The highest BCUT2D eigenvalue weighted by Crippen LogP contribution is 2.20. The molecule has 1 aromatic rings. The second-order valence-corrected chi connectivity index (χ2v) is 3.81. The Kier molecular flexibility index (Phi) is 5.36. The molecule has 1 aromatic heterocycles. The van der Waals surface area contributed by atoms with E-state index in [1.807, 2.05) is 11.9 Å². The van der Waals surface area contributed by atoms with Crippen LogP contribution in [-0.4, -0.2) is 35.3 Å². The predicted octanol–water partition coefficient (Wildman–Crippen LogP) is 1.73. The molecule has 0 unspecified atom stereocenters. The smallest absolute Gasteiger partial charge is 0.150 e. The summed E-state index contributed by atoms with van der Waals surface area (Å²) >= 11 is 5.95. The first-order valence-corrected chi connectivity index (χ1v) is 5.41. The Bertz CT molecular complexity index is 296. The molecule has 0 aromatic carbocycles. The number of hydrogen-bond donors (Lipinski definition) is 1. The standard InChI is InChI=1S/C10H16ClN3O/c1-14(5-3-2-4-6-15)10-9(11)7-12-8-13-10/h7-8,15H,2-6H2,1H3. The second-order valence-electron chi connectivity index (χ2n) is 3.40. The molecule has 0 atom stereocenters. The molecule has 0 saturated heterocycles. The van der Waals surface area contributed by atoms with E-state index < -0.39 is 0 Å². The maximum atomic E-state index is 8.64. The lowest BCUT2D eigenvalue weighted by atomic mass is 10.2. The third-order valence-corrected chi connectivity index (χ3v) is 2.43. The molecule has 0 aliphatic rings. The van der Waals surface area contributed by atoms with Gasteiger partial charge in [-0.3, -0.25) is 0 Å². The Balaban J connectivity index is 2.40. The van der Waals surface area contributed by atoms with E-state index in [9.17, 15) is 0 Å². The first-order chi connectivity index (χ1) is 7.25. The maximum Gasteiger partial charge on any atom is 0.150 e. The highest BCUT2D eigenvalue weighted by Gasteiger charge is 2.06. The summed E-state index contributed by atoms with van der Waals surface area (Å²) in [6.07, 6.45) is 5.98. The number of aliphatic hydroxyl groups is 1. The molecule has 15 heavy (non-hydrogen) atoms. The number of unbranched alkanes of at least 4 members (excludes halogenated alkanes) is 2. The van der Waals surface area contributed by atoms with Crippen LogP contribution in [0.3, 0.4) is 0 Å². The van der Waals surface area contributed by atoms with Gasteiger partial charge in [-0.25, -0.2) is 9.97 Å². The van der Waals surface area contributed by atoms with E-state index in [-0.39, 0.29) is 6.61 Å². The molecule has 5 heteroatoms. The third kappa shape index (κ3) is 4.01. The molecule has 0 saturated carbocycles. The lowest BCUT2D eigenvalue weighted by Crippen LogP contribution is -2.20. The summed E-state index contributed by atoms with van der Waals surface area (Å²) in [5.74, 6) is 0.760. The average molecular weight is 230 g/mol. The minimum atomic E-state index is 0.262. The summed E-state index contributed by atoms with van der Waals surface area (Å²) in [5, 5.41) is 9.21. The van der Waals surface area contributed by atoms with E-state index >= 15 is 0 Å². The topological polar surface area (TPSA) is 49.2 Å². The first kappa shape index (κ1) is 12.2. The summed E-state index contributed by atoms with van der Waals surface area (Å²) in [5.41, 5.74) is 0. The Hall–Kier alpha value is -0.870. The SMILES string of the molecule is CN(CCCCCO)c1ncncc1Cl. The van der Waals surface area contributed by atoms with Gasteiger partial charge in [0.05, 0.1) is 6.20 Å². The van der Waals surface area contributed by atoms with Gasteiger partial charge in [-0.05, 0) is 19.3 Å². The van der Waals surface area contributed by atoms with Crippen molar-refractivity contribution in [3.8, 4) is 0 Å². The summed E-state index contributed by atoms with van der Waals surface area (Å²) in [6.45, 7) is 1.15. The van der Waals surface area contributed by atoms with Crippen LogP contribution in [0.25, 0.3) is 0 Å². The molecule has 0 amide bonds. The van der Waals surface area contributed by atoms with Crippen LogP contribution in [0.2, 0.25) is 5.02 Å². The van der Waals surface area contributed by atoms with Crippen molar-refractivity contribution in [2.45, 2.75) is 19.3 Å². The molecule has 0 aliphatic heterocycles. The fourth-order valence-electron chi connectivity index (χ4n) is 1.33. The monoisotopic (exact) mass is 229 g/mol. The normalized spacial score (nSPS) is 10.3. The third-order valence-electron chi connectivity index (χ3n) is 2.16. The zero-order valence-corrected chi connectivity index (χ0v) is 9.61. The second kappa shape index (κ2) is 6.58. The van der Waals surface area contributed by atoms with Crippen LogP contribution in [0.5, 0.6) is 0 Å². The van der Waals surface area contributed by atoms with E-state index in [4.69, 9.17) is 16.7 Å². The molecule has 1 rings (SSSR count). The number of halogens is 1. The van der Waals surface area contributed by atoms with Gasteiger partial charge >= 0.3 is 0 Å². The van der Waals surface area contributed by atoms with Gasteiger partial charge in [0.1, 0.15) is 11.3 Å². The molecule has 4 nitrogen and oxygen atoms in total. The van der Waals surface area contributed by atoms with Gasteiger partial charge in [-0.1, -0.05) is 11.6 Å². The van der Waals surface area contributed by atoms with Crippen LogP contribution in [0.1, 0.15) is 19.3 Å². The van der Waals surface area contributed by atoms with E-state index in [0.717, 1.165) is 31.6 Å². The molecule has 0 aliphatic carbocycles. The van der Waals surface area contributed by atoms with Gasteiger partial charge < -0.3 is 10.0 Å². The highest BCUT2D eigenvalue weighted by atomic mass is 35.5. The lowest BCUT2D eigenvalue weighted by Gasteiger charge is -2.18. The Morgan fingerprint density at radius 3 is 2.87 bits per heavy atom. The lowest BCUT2D eigenvalue weighted by molar-refractivity contribution is 0.283. The van der Waals surface area contributed by atoms with E-state index in [1.165, 1.54) is 6.33 Å². The van der Waals surface area contributed by atoms with Crippen molar-refractivity contribution in [1.82, 2.24) is 9.97 Å². The van der Waals surface area contributed by atoms with Gasteiger partial charge in [0, 0.05) is 20.2 Å². The maximum absolute atomic E-state index is 8.64. The van der Waals surface area contributed by atoms with E-state index in [2.05, 4.69) is 9.97 Å². The molecular formula is C10H16ClN3O. The highest BCUT2D eigenvalue weighted by molar-refractivity contribution is 6.32. The van der Waals surface area contributed by atoms with Gasteiger partial charge in [0.15, 0.2) is 5.82 Å². The van der Waals surface area contributed by atoms with Crippen molar-refractivity contribution in [1.29, 1.82) is 0 Å². The zero-order chi connectivity index (χ0) is 11.1. The van der Waals surface area contributed by atoms with Crippen molar-refractivity contribution in [2.24, 2.45) is 0 Å². The van der Waals surface area contributed by atoms with Crippen molar-refractivity contribution in [2.75, 3.05) is 25.1 Å². The minimum absolute atomic E-state index is 0.262. The van der Waals surface area contributed by atoms with E-state index in [1.54, 1.807) is 6.20 Å². The zero-order valence-electron chi connectivity index (χ0n) is 8.86. The fraction of sp³-hybridized carbons (Fsp3) is 0.600. The minimum Gasteiger partial charge on any atom is -0.396 e. The summed E-state index contributed by atoms with van der Waals surface area (Å²) in [7, 11) is 1.95. The molecule has 84 valence electrons. The first-order valence-electron chi connectivity index (χ1n) is 5.03. The van der Waals surface area contributed by atoms with Crippen molar-refractivity contribution >= 4 is 17.4 Å². The van der Waals surface area contributed by atoms with Gasteiger partial charge in [0.2, 0.25) is 0 Å². The van der Waals surface area contributed by atoms with Gasteiger partial charge in [-0.2, -0.15) is 0 Å². The van der Waals surface area contributed by atoms with E-state index in [0.29, 0.717) is 5.02 Å². The predicted molar refractivity (Wildman–Crippen MR) is 61.2 cm³/mol. The van der Waals surface area contributed by atoms with Crippen molar-refractivity contribution < 1.29 is 5.11 Å². The Morgan fingerprint density at radius 2 is 2.20 bits per heavy atom. The van der Waals surface area contributed by atoms with Crippen LogP contribution in [0.4, 0.5) is 5.82 Å².